The number of amides is 2. The van der Waals surface area contributed by atoms with Gasteiger partial charge in [0, 0.05) is 19.7 Å². The Hall–Kier alpha value is -2.33. The van der Waals surface area contributed by atoms with Crippen molar-refractivity contribution < 1.29 is 9.53 Å². The lowest BCUT2D eigenvalue weighted by atomic mass is 9.96. The second-order valence-corrected chi connectivity index (χ2v) is 8.02. The van der Waals surface area contributed by atoms with E-state index in [9.17, 15) is 4.79 Å². The molecule has 1 fully saturated rings. The van der Waals surface area contributed by atoms with Crippen LogP contribution >= 0.6 is 0 Å². The maximum atomic E-state index is 13.0. The normalized spacial score (nSPS) is 16.2. The number of hydrogen-bond acceptors (Lipinski definition) is 2. The fourth-order valence-corrected chi connectivity index (χ4v) is 3.70. The molecule has 0 aliphatic carbocycles. The molecular weight excluding hydrogens is 348 g/mol. The first kappa shape index (κ1) is 20.4. The molecule has 1 N–H and O–H groups in total. The van der Waals surface area contributed by atoms with E-state index in [0.717, 1.165) is 43.7 Å². The SMILES string of the molecule is Cc1cccc(C(NC(=O)N2CCC(COC(C)C)CC2)c2ccccc2)c1. The molecule has 1 aliphatic rings. The summed E-state index contributed by atoms with van der Waals surface area (Å²) >= 11 is 0. The van der Waals surface area contributed by atoms with Gasteiger partial charge in [0.05, 0.1) is 12.1 Å². The number of rotatable bonds is 6. The van der Waals surface area contributed by atoms with Crippen molar-refractivity contribution in [3.63, 3.8) is 0 Å². The Morgan fingerprint density at radius 1 is 1.07 bits per heavy atom. The van der Waals surface area contributed by atoms with E-state index in [1.54, 1.807) is 0 Å². The van der Waals surface area contributed by atoms with Gasteiger partial charge in [0.15, 0.2) is 0 Å². The number of carbonyl (C=O) groups excluding carboxylic acids is 1. The molecule has 0 spiro atoms. The van der Waals surface area contributed by atoms with Gasteiger partial charge in [-0.3, -0.25) is 0 Å². The molecule has 4 heteroatoms. The number of piperidine rings is 1. The molecule has 2 amide bonds. The maximum Gasteiger partial charge on any atom is 0.318 e. The summed E-state index contributed by atoms with van der Waals surface area (Å²) in [4.78, 5) is 14.9. The predicted molar refractivity (Wildman–Crippen MR) is 113 cm³/mol. The molecule has 3 rings (SSSR count). The third-order valence-electron chi connectivity index (χ3n) is 5.34. The lowest BCUT2D eigenvalue weighted by Gasteiger charge is -2.33. The van der Waals surface area contributed by atoms with Gasteiger partial charge in [-0.1, -0.05) is 60.2 Å². The molecule has 0 bridgehead atoms. The number of hydrogen-bond donors (Lipinski definition) is 1. The highest BCUT2D eigenvalue weighted by molar-refractivity contribution is 5.75. The fourth-order valence-electron chi connectivity index (χ4n) is 3.70. The Kier molecular flexibility index (Phi) is 7.10. The van der Waals surface area contributed by atoms with Crippen LogP contribution in [-0.2, 0) is 4.74 Å². The van der Waals surface area contributed by atoms with Crippen LogP contribution in [0.1, 0.15) is 49.4 Å². The van der Waals surface area contributed by atoms with E-state index in [1.807, 2.05) is 29.2 Å². The smallest absolute Gasteiger partial charge is 0.318 e. The van der Waals surface area contributed by atoms with Crippen LogP contribution in [0.15, 0.2) is 54.6 Å². The Balaban J connectivity index is 1.66. The summed E-state index contributed by atoms with van der Waals surface area (Å²) in [5.41, 5.74) is 3.40. The van der Waals surface area contributed by atoms with Gasteiger partial charge in [-0.25, -0.2) is 4.79 Å². The molecular formula is C24H32N2O2. The minimum Gasteiger partial charge on any atom is -0.379 e. The molecule has 28 heavy (non-hydrogen) atoms. The number of ether oxygens (including phenoxy) is 1. The van der Waals surface area contributed by atoms with Crippen LogP contribution in [0, 0.1) is 12.8 Å². The maximum absolute atomic E-state index is 13.0. The molecule has 1 unspecified atom stereocenters. The van der Waals surface area contributed by atoms with Crippen molar-refractivity contribution in [3.05, 3.63) is 71.3 Å². The average Bonchev–Trinajstić information content (AvgIpc) is 2.71. The topological polar surface area (TPSA) is 41.6 Å². The van der Waals surface area contributed by atoms with Crippen LogP contribution in [-0.4, -0.2) is 36.7 Å². The van der Waals surface area contributed by atoms with Crippen molar-refractivity contribution in [2.75, 3.05) is 19.7 Å². The second kappa shape index (κ2) is 9.74. The van der Waals surface area contributed by atoms with Crippen molar-refractivity contribution in [2.45, 2.75) is 45.8 Å². The zero-order valence-electron chi connectivity index (χ0n) is 17.2. The van der Waals surface area contributed by atoms with Gasteiger partial charge in [-0.2, -0.15) is 0 Å². The van der Waals surface area contributed by atoms with Crippen LogP contribution in [0.4, 0.5) is 4.79 Å². The number of carbonyl (C=O) groups is 1. The summed E-state index contributed by atoms with van der Waals surface area (Å²) in [5.74, 6) is 0.549. The largest absolute Gasteiger partial charge is 0.379 e. The van der Waals surface area contributed by atoms with Gasteiger partial charge >= 0.3 is 6.03 Å². The number of aryl methyl sites for hydroxylation is 1. The number of urea groups is 1. The third-order valence-corrected chi connectivity index (χ3v) is 5.34. The first-order chi connectivity index (χ1) is 13.5. The molecule has 1 saturated heterocycles. The number of nitrogens with zero attached hydrogens (tertiary/aromatic N) is 1. The molecule has 0 radical (unpaired) electrons. The van der Waals surface area contributed by atoms with E-state index in [4.69, 9.17) is 4.74 Å². The first-order valence-corrected chi connectivity index (χ1v) is 10.3. The summed E-state index contributed by atoms with van der Waals surface area (Å²) in [6.07, 6.45) is 2.27. The third kappa shape index (κ3) is 5.59. The molecule has 0 aromatic heterocycles. The minimum absolute atomic E-state index is 0.0126. The lowest BCUT2D eigenvalue weighted by Crippen LogP contribution is -2.46. The lowest BCUT2D eigenvalue weighted by molar-refractivity contribution is 0.0343. The van der Waals surface area contributed by atoms with Gasteiger partial charge in [-0.05, 0) is 50.7 Å². The number of nitrogens with one attached hydrogen (secondary N) is 1. The quantitative estimate of drug-likeness (QED) is 0.772. The molecule has 1 aliphatic heterocycles. The van der Waals surface area contributed by atoms with Crippen molar-refractivity contribution in [2.24, 2.45) is 5.92 Å². The van der Waals surface area contributed by atoms with Crippen molar-refractivity contribution in [3.8, 4) is 0 Å². The zero-order chi connectivity index (χ0) is 19.9. The van der Waals surface area contributed by atoms with E-state index in [2.05, 4.69) is 56.4 Å². The Bertz CT molecular complexity index is 752. The Labute approximate surface area is 168 Å². The summed E-state index contributed by atoms with van der Waals surface area (Å²) in [5, 5.41) is 3.27. The number of benzene rings is 2. The standard InChI is InChI=1S/C24H32N2O2/c1-18(2)28-17-20-12-14-26(15-13-20)24(27)25-23(21-9-5-4-6-10-21)22-11-7-8-19(3)16-22/h4-11,16,18,20,23H,12-15,17H2,1-3H3,(H,25,27). The highest BCUT2D eigenvalue weighted by Crippen LogP contribution is 2.24. The van der Waals surface area contributed by atoms with Crippen LogP contribution < -0.4 is 5.32 Å². The van der Waals surface area contributed by atoms with E-state index in [-0.39, 0.29) is 18.2 Å². The Morgan fingerprint density at radius 3 is 2.39 bits per heavy atom. The van der Waals surface area contributed by atoms with Gasteiger partial charge in [-0.15, -0.1) is 0 Å². The van der Waals surface area contributed by atoms with Crippen molar-refractivity contribution in [1.82, 2.24) is 10.2 Å². The van der Waals surface area contributed by atoms with Crippen molar-refractivity contribution >= 4 is 6.03 Å². The zero-order valence-corrected chi connectivity index (χ0v) is 17.2. The van der Waals surface area contributed by atoms with Gasteiger partial charge in [0.1, 0.15) is 0 Å². The van der Waals surface area contributed by atoms with Gasteiger partial charge in [0.25, 0.3) is 0 Å². The van der Waals surface area contributed by atoms with Crippen LogP contribution in [0.5, 0.6) is 0 Å². The highest BCUT2D eigenvalue weighted by Gasteiger charge is 2.25. The molecule has 1 atom stereocenters. The minimum atomic E-state index is -0.143. The summed E-state index contributed by atoms with van der Waals surface area (Å²) in [6, 6.07) is 18.4. The summed E-state index contributed by atoms with van der Waals surface area (Å²) in [6.45, 7) is 8.58. The Morgan fingerprint density at radius 2 is 1.75 bits per heavy atom. The van der Waals surface area contributed by atoms with Crippen LogP contribution in [0.3, 0.4) is 0 Å². The van der Waals surface area contributed by atoms with Crippen LogP contribution in [0.2, 0.25) is 0 Å². The van der Waals surface area contributed by atoms with E-state index in [0.29, 0.717) is 5.92 Å². The highest BCUT2D eigenvalue weighted by atomic mass is 16.5. The average molecular weight is 381 g/mol. The van der Waals surface area contributed by atoms with Crippen LogP contribution in [0.25, 0.3) is 0 Å². The monoisotopic (exact) mass is 380 g/mol. The van der Waals surface area contributed by atoms with Gasteiger partial charge in [0.2, 0.25) is 0 Å². The van der Waals surface area contributed by atoms with E-state index < -0.39 is 0 Å². The summed E-state index contributed by atoms with van der Waals surface area (Å²) in [7, 11) is 0. The van der Waals surface area contributed by atoms with E-state index >= 15 is 0 Å². The van der Waals surface area contributed by atoms with Crippen molar-refractivity contribution in [1.29, 1.82) is 0 Å². The predicted octanol–water partition coefficient (Wildman–Crippen LogP) is 4.93. The fraction of sp³-hybridized carbons (Fsp3) is 0.458. The summed E-state index contributed by atoms with van der Waals surface area (Å²) < 4.78 is 5.75. The van der Waals surface area contributed by atoms with E-state index in [1.165, 1.54) is 5.56 Å². The molecule has 2 aromatic rings. The number of likely N-dealkylation sites (tertiary alicyclic amines) is 1. The second-order valence-electron chi connectivity index (χ2n) is 8.02. The first-order valence-electron chi connectivity index (χ1n) is 10.3. The van der Waals surface area contributed by atoms with Gasteiger partial charge < -0.3 is 15.0 Å². The molecule has 1 heterocycles. The molecule has 150 valence electrons. The molecule has 4 nitrogen and oxygen atoms in total. The molecule has 2 aromatic carbocycles. The molecule has 0 saturated carbocycles.